The van der Waals surface area contributed by atoms with Gasteiger partial charge in [0.2, 0.25) is 0 Å². The maximum Gasteiger partial charge on any atom is 0.0479 e. The van der Waals surface area contributed by atoms with E-state index in [2.05, 4.69) is 74.4 Å². The van der Waals surface area contributed by atoms with Crippen LogP contribution in [0.25, 0.3) is 0 Å². The highest BCUT2D eigenvalue weighted by molar-refractivity contribution is 6.17. The third-order valence-corrected chi connectivity index (χ3v) is 4.13. The molecule has 20 heavy (non-hydrogen) atoms. The molecule has 0 spiro atoms. The van der Waals surface area contributed by atoms with Crippen LogP contribution in [0.5, 0.6) is 0 Å². The van der Waals surface area contributed by atoms with Gasteiger partial charge in [-0.25, -0.2) is 0 Å². The predicted octanol–water partition coefficient (Wildman–Crippen LogP) is 6.32. The van der Waals surface area contributed by atoms with Crippen LogP contribution in [0, 0.1) is 0 Å². The van der Waals surface area contributed by atoms with Gasteiger partial charge in [0.25, 0.3) is 0 Å². The van der Waals surface area contributed by atoms with Gasteiger partial charge < -0.3 is 0 Å². The molecule has 0 saturated heterocycles. The average Bonchev–Trinajstić information content (AvgIpc) is 2.23. The average molecular weight is 295 g/mol. The highest BCUT2D eigenvalue weighted by Gasteiger charge is 2.28. The van der Waals surface area contributed by atoms with Crippen molar-refractivity contribution < 1.29 is 0 Å². The zero-order chi connectivity index (χ0) is 15.9. The number of hydrogen-bond acceptors (Lipinski definition) is 0. The smallest absolute Gasteiger partial charge is 0.0479 e. The molecule has 0 aromatic heterocycles. The first-order chi connectivity index (χ1) is 8.78. The minimum atomic E-state index is 0.117. The first-order valence-electron chi connectivity index (χ1n) is 7.53. The van der Waals surface area contributed by atoms with Crippen molar-refractivity contribution in [3.05, 3.63) is 34.4 Å². The van der Waals surface area contributed by atoms with Gasteiger partial charge in [0.1, 0.15) is 0 Å². The van der Waals surface area contributed by atoms with Gasteiger partial charge >= 0.3 is 0 Å². The Bertz CT molecular complexity index is 441. The summed E-state index contributed by atoms with van der Waals surface area (Å²) in [5, 5.41) is 0. The van der Waals surface area contributed by atoms with E-state index in [9.17, 15) is 0 Å². The first-order valence-corrected chi connectivity index (χ1v) is 8.06. The van der Waals surface area contributed by atoms with Gasteiger partial charge in [-0.1, -0.05) is 74.4 Å². The molecule has 0 bridgehead atoms. The van der Waals surface area contributed by atoms with Crippen molar-refractivity contribution >= 4 is 11.6 Å². The Balaban J connectivity index is 3.75. The van der Waals surface area contributed by atoms with Crippen molar-refractivity contribution in [2.75, 3.05) is 0 Å². The number of hydrogen-bond donors (Lipinski definition) is 0. The third-order valence-electron chi connectivity index (χ3n) is 3.87. The fourth-order valence-electron chi connectivity index (χ4n) is 2.59. The molecule has 1 aromatic carbocycles. The Hall–Kier alpha value is -0.490. The minimum Gasteiger partial charge on any atom is -0.122 e. The summed E-state index contributed by atoms with van der Waals surface area (Å²) in [6.07, 6.45) is 0. The maximum absolute atomic E-state index is 6.32. The standard InChI is InChI=1S/C19H31Cl/c1-17(2,3)13-10-15(18(4,5)6)14(12-20)16(11-13)19(7,8)9/h10-11H,12H2,1-9H3. The van der Waals surface area contributed by atoms with Gasteiger partial charge in [-0.3, -0.25) is 0 Å². The van der Waals surface area contributed by atoms with Gasteiger partial charge in [0, 0.05) is 5.88 Å². The molecule has 0 fully saturated rings. The fourth-order valence-corrected chi connectivity index (χ4v) is 2.88. The molecule has 0 aliphatic heterocycles. The molecule has 1 rings (SSSR count). The molecular formula is C19H31Cl. The van der Waals surface area contributed by atoms with Crippen molar-refractivity contribution in [2.45, 2.75) is 84.4 Å². The first kappa shape index (κ1) is 17.6. The summed E-state index contributed by atoms with van der Waals surface area (Å²) in [5.74, 6) is 0.587. The molecule has 0 amide bonds. The largest absolute Gasteiger partial charge is 0.122 e. The van der Waals surface area contributed by atoms with Crippen molar-refractivity contribution in [1.82, 2.24) is 0 Å². The number of alkyl halides is 1. The van der Waals surface area contributed by atoms with E-state index in [4.69, 9.17) is 11.6 Å². The summed E-state index contributed by atoms with van der Waals surface area (Å²) >= 11 is 6.32. The second kappa shape index (κ2) is 5.37. The number of benzene rings is 1. The highest BCUT2D eigenvalue weighted by Crippen LogP contribution is 2.38. The Morgan fingerprint density at radius 1 is 0.700 bits per heavy atom. The van der Waals surface area contributed by atoms with Crippen LogP contribution in [-0.2, 0) is 22.1 Å². The van der Waals surface area contributed by atoms with E-state index >= 15 is 0 Å². The summed E-state index contributed by atoms with van der Waals surface area (Å²) in [7, 11) is 0. The van der Waals surface area contributed by atoms with Crippen LogP contribution in [0.15, 0.2) is 12.1 Å². The second-order valence-electron chi connectivity index (χ2n) is 8.93. The molecule has 0 radical (unpaired) electrons. The van der Waals surface area contributed by atoms with E-state index in [0.717, 1.165) is 0 Å². The van der Waals surface area contributed by atoms with E-state index in [1.54, 1.807) is 0 Å². The predicted molar refractivity (Wildman–Crippen MR) is 92.1 cm³/mol. The van der Waals surface area contributed by atoms with Crippen molar-refractivity contribution in [2.24, 2.45) is 0 Å². The minimum absolute atomic E-state index is 0.117. The maximum atomic E-state index is 6.32. The van der Waals surface area contributed by atoms with Crippen LogP contribution in [0.2, 0.25) is 0 Å². The Morgan fingerprint density at radius 2 is 1.05 bits per heavy atom. The van der Waals surface area contributed by atoms with E-state index in [-0.39, 0.29) is 16.2 Å². The SMILES string of the molecule is CC(C)(C)c1cc(C(C)(C)C)c(CCl)c(C(C)(C)C)c1. The summed E-state index contributed by atoms with van der Waals surface area (Å²) in [6.45, 7) is 20.5. The van der Waals surface area contributed by atoms with Gasteiger partial charge in [0.05, 0.1) is 0 Å². The molecule has 0 unspecified atom stereocenters. The molecule has 0 saturated carbocycles. The summed E-state index contributed by atoms with van der Waals surface area (Å²) in [4.78, 5) is 0. The molecule has 0 aliphatic rings. The number of rotatable bonds is 1. The van der Waals surface area contributed by atoms with E-state index in [1.807, 2.05) is 0 Å². The molecule has 0 N–H and O–H groups in total. The van der Waals surface area contributed by atoms with Crippen molar-refractivity contribution in [3.63, 3.8) is 0 Å². The van der Waals surface area contributed by atoms with Gasteiger partial charge in [-0.15, -0.1) is 11.6 Å². The Morgan fingerprint density at radius 3 is 1.25 bits per heavy atom. The summed E-state index contributed by atoms with van der Waals surface area (Å²) < 4.78 is 0. The quantitative estimate of drug-likeness (QED) is 0.532. The van der Waals surface area contributed by atoms with E-state index in [0.29, 0.717) is 5.88 Å². The van der Waals surface area contributed by atoms with Crippen LogP contribution < -0.4 is 0 Å². The molecule has 0 aliphatic carbocycles. The zero-order valence-electron chi connectivity index (χ0n) is 14.7. The van der Waals surface area contributed by atoms with E-state index in [1.165, 1.54) is 22.3 Å². The zero-order valence-corrected chi connectivity index (χ0v) is 15.5. The number of halogens is 1. The fraction of sp³-hybridized carbons (Fsp3) is 0.684. The molecular weight excluding hydrogens is 264 g/mol. The van der Waals surface area contributed by atoms with Crippen LogP contribution >= 0.6 is 11.6 Å². The lowest BCUT2D eigenvalue weighted by atomic mass is 9.72. The van der Waals surface area contributed by atoms with Crippen LogP contribution in [0.1, 0.15) is 84.6 Å². The third kappa shape index (κ3) is 3.79. The highest BCUT2D eigenvalue weighted by atomic mass is 35.5. The molecule has 0 atom stereocenters. The normalized spacial score (nSPS) is 13.7. The van der Waals surface area contributed by atoms with Gasteiger partial charge in [-0.05, 0) is 38.5 Å². The summed E-state index contributed by atoms with van der Waals surface area (Å²) in [5.41, 5.74) is 5.90. The van der Waals surface area contributed by atoms with Gasteiger partial charge in [-0.2, -0.15) is 0 Å². The summed E-state index contributed by atoms with van der Waals surface area (Å²) in [6, 6.07) is 4.74. The van der Waals surface area contributed by atoms with E-state index < -0.39 is 0 Å². The lowest BCUT2D eigenvalue weighted by Crippen LogP contribution is -2.23. The molecule has 1 heteroatoms. The lowest BCUT2D eigenvalue weighted by molar-refractivity contribution is 0.541. The lowest BCUT2D eigenvalue weighted by Gasteiger charge is -2.33. The van der Waals surface area contributed by atoms with Crippen LogP contribution in [0.3, 0.4) is 0 Å². The van der Waals surface area contributed by atoms with Gasteiger partial charge in [0.15, 0.2) is 0 Å². The van der Waals surface area contributed by atoms with Crippen LogP contribution in [0.4, 0.5) is 0 Å². The Kier molecular flexibility index (Phi) is 4.71. The molecule has 0 heterocycles. The van der Waals surface area contributed by atoms with Crippen molar-refractivity contribution in [1.29, 1.82) is 0 Å². The topological polar surface area (TPSA) is 0 Å². The molecule has 114 valence electrons. The monoisotopic (exact) mass is 294 g/mol. The molecule has 1 aromatic rings. The van der Waals surface area contributed by atoms with Crippen LogP contribution in [-0.4, -0.2) is 0 Å². The Labute approximate surface area is 130 Å². The van der Waals surface area contributed by atoms with Crippen molar-refractivity contribution in [3.8, 4) is 0 Å². The second-order valence-corrected chi connectivity index (χ2v) is 9.20. The molecule has 0 nitrogen and oxygen atoms in total.